The van der Waals surface area contributed by atoms with Crippen LogP contribution in [0.3, 0.4) is 0 Å². The Labute approximate surface area is 226 Å². The lowest BCUT2D eigenvalue weighted by Crippen LogP contribution is -2.42. The number of aliphatic hydroxyl groups is 1. The van der Waals surface area contributed by atoms with Crippen LogP contribution in [0, 0.1) is 33.1 Å². The molecule has 0 radical (unpaired) electrons. The molecule has 0 saturated carbocycles. The number of benzene rings is 2. The average Bonchev–Trinajstić information content (AvgIpc) is 2.79. The third kappa shape index (κ3) is 7.66. The maximum absolute atomic E-state index is 10.2. The van der Waals surface area contributed by atoms with Gasteiger partial charge in [0, 0.05) is 11.1 Å². The molecule has 1 aliphatic rings. The maximum Gasteiger partial charge on any atom is 0.397 e. The summed E-state index contributed by atoms with van der Waals surface area (Å²) in [6, 6.07) is 8.57. The minimum atomic E-state index is -1.58. The second-order valence-electron chi connectivity index (χ2n) is 12.4. The van der Waals surface area contributed by atoms with Crippen LogP contribution >= 0.6 is 17.6 Å². The monoisotopic (exact) mass is 550 g/mol. The quantitative estimate of drug-likeness (QED) is 0.268. The second-order valence-corrected chi connectivity index (χ2v) is 14.2. The summed E-state index contributed by atoms with van der Waals surface area (Å²) in [5.41, 5.74) is 6.05. The van der Waals surface area contributed by atoms with E-state index in [0.29, 0.717) is 0 Å². The molecule has 1 saturated heterocycles. The van der Waals surface area contributed by atoms with Crippen LogP contribution in [-0.4, -0.2) is 31.5 Å². The molecule has 206 valence electrons. The molecule has 1 atom stereocenters. The molecule has 1 aliphatic heterocycles. The zero-order valence-electron chi connectivity index (χ0n) is 24.1. The van der Waals surface area contributed by atoms with Crippen molar-refractivity contribution in [1.29, 1.82) is 0 Å². The van der Waals surface area contributed by atoms with Crippen molar-refractivity contribution in [2.24, 2.45) is 5.41 Å². The lowest BCUT2D eigenvalue weighted by Gasteiger charge is -2.37. The summed E-state index contributed by atoms with van der Waals surface area (Å²) in [7, 11) is -1.78. The molecule has 1 fully saturated rings. The molecule has 3 rings (SSSR count). The first-order valence-corrected chi connectivity index (χ1v) is 14.7. The van der Waals surface area contributed by atoms with Gasteiger partial charge in [0.2, 0.25) is 9.03 Å². The van der Waals surface area contributed by atoms with E-state index in [1.54, 1.807) is 0 Å². The van der Waals surface area contributed by atoms with Crippen molar-refractivity contribution in [2.75, 3.05) is 26.4 Å². The summed E-state index contributed by atoms with van der Waals surface area (Å²) >= 11 is 0. The molecule has 0 bridgehead atoms. The van der Waals surface area contributed by atoms with E-state index in [1.807, 2.05) is 6.92 Å². The van der Waals surface area contributed by atoms with Crippen LogP contribution in [0.1, 0.15) is 74.9 Å². The molecule has 0 aromatic heterocycles. The van der Waals surface area contributed by atoms with Crippen molar-refractivity contribution in [2.45, 2.75) is 80.1 Å². The van der Waals surface area contributed by atoms with Crippen LogP contribution in [0.4, 0.5) is 0 Å². The Hall–Kier alpha value is -1.26. The van der Waals surface area contributed by atoms with Crippen molar-refractivity contribution >= 4 is 17.6 Å². The van der Waals surface area contributed by atoms with Gasteiger partial charge < -0.3 is 27.7 Å². The molecule has 0 spiro atoms. The maximum atomic E-state index is 10.2. The number of aliphatic hydroxyl groups excluding tert-OH is 1. The molecule has 37 heavy (non-hydrogen) atoms. The van der Waals surface area contributed by atoms with E-state index in [4.69, 9.17) is 22.6 Å². The Morgan fingerprint density at radius 2 is 1.32 bits per heavy atom. The SMILES string of the molecule is Cc1cc(C)c(OPOCC2(CO)COP(Oc3c(C)cc(C)cc3C(C)(C)C)OC2)c(C(C)(C)C)c1. The van der Waals surface area contributed by atoms with Crippen LogP contribution in [0.15, 0.2) is 24.3 Å². The van der Waals surface area contributed by atoms with Crippen LogP contribution < -0.4 is 9.05 Å². The van der Waals surface area contributed by atoms with Crippen molar-refractivity contribution < 1.29 is 27.7 Å². The van der Waals surface area contributed by atoms with E-state index in [1.165, 1.54) is 11.1 Å². The van der Waals surface area contributed by atoms with Crippen molar-refractivity contribution in [3.8, 4) is 11.5 Å². The van der Waals surface area contributed by atoms with Crippen LogP contribution in [0.2, 0.25) is 0 Å². The highest BCUT2D eigenvalue weighted by molar-refractivity contribution is 7.42. The van der Waals surface area contributed by atoms with Gasteiger partial charge in [-0.15, -0.1) is 0 Å². The number of aryl methyl sites for hydroxylation is 4. The smallest absolute Gasteiger partial charge is 0.397 e. The summed E-state index contributed by atoms with van der Waals surface area (Å²) in [5.74, 6) is 1.68. The molecule has 2 aromatic carbocycles. The third-order valence-electron chi connectivity index (χ3n) is 6.49. The van der Waals surface area contributed by atoms with Crippen molar-refractivity contribution in [3.05, 3.63) is 57.6 Å². The average molecular weight is 551 g/mol. The van der Waals surface area contributed by atoms with E-state index in [9.17, 15) is 5.11 Å². The van der Waals surface area contributed by atoms with Gasteiger partial charge in [-0.2, -0.15) is 0 Å². The normalized spacial score (nSPS) is 21.0. The molecular weight excluding hydrogens is 506 g/mol. The molecule has 1 unspecified atom stereocenters. The highest BCUT2D eigenvalue weighted by atomic mass is 31.2. The molecule has 1 N–H and O–H groups in total. The van der Waals surface area contributed by atoms with Crippen molar-refractivity contribution in [1.82, 2.24) is 0 Å². The molecule has 0 aliphatic carbocycles. The van der Waals surface area contributed by atoms with Gasteiger partial charge in [0.25, 0.3) is 0 Å². The van der Waals surface area contributed by atoms with Crippen LogP contribution in [0.5, 0.6) is 11.5 Å². The molecule has 6 nitrogen and oxygen atoms in total. The number of hydrogen-bond donors (Lipinski definition) is 1. The Morgan fingerprint density at radius 3 is 1.81 bits per heavy atom. The Balaban J connectivity index is 1.60. The molecule has 1 heterocycles. The largest absolute Gasteiger partial charge is 0.449 e. The summed E-state index contributed by atoms with van der Waals surface area (Å²) in [5, 5.41) is 10.2. The summed E-state index contributed by atoms with van der Waals surface area (Å²) in [6.07, 6.45) is 0. The lowest BCUT2D eigenvalue weighted by molar-refractivity contribution is -0.0441. The van der Waals surface area contributed by atoms with E-state index in [2.05, 4.69) is 86.6 Å². The number of hydrogen-bond acceptors (Lipinski definition) is 6. The van der Waals surface area contributed by atoms with Gasteiger partial charge >= 0.3 is 8.60 Å². The first kappa shape index (κ1) is 30.3. The van der Waals surface area contributed by atoms with Gasteiger partial charge in [-0.05, 0) is 49.7 Å². The molecule has 8 heteroatoms. The predicted molar refractivity (Wildman–Crippen MR) is 153 cm³/mol. The Morgan fingerprint density at radius 1 is 0.838 bits per heavy atom. The van der Waals surface area contributed by atoms with Gasteiger partial charge in [-0.3, -0.25) is 0 Å². The fourth-order valence-electron chi connectivity index (χ4n) is 4.34. The van der Waals surface area contributed by atoms with Gasteiger partial charge in [0.15, 0.2) is 0 Å². The zero-order chi connectivity index (χ0) is 27.6. The van der Waals surface area contributed by atoms with E-state index < -0.39 is 14.0 Å². The van der Waals surface area contributed by atoms with Gasteiger partial charge in [-0.25, -0.2) is 0 Å². The summed E-state index contributed by atoms with van der Waals surface area (Å²) in [4.78, 5) is 0. The first-order chi connectivity index (χ1) is 17.1. The van der Waals surface area contributed by atoms with E-state index in [0.717, 1.165) is 33.8 Å². The fraction of sp³-hybridized carbons (Fsp3) is 0.586. The topological polar surface area (TPSA) is 66.4 Å². The standard InChI is InChI=1S/C29H44O6P2/c1-19-11-21(3)25(23(13-19)27(5,6)7)34-36-31-16-29(15-30)17-32-37(33-18-29)35-26-22(4)12-20(2)14-24(26)28(8,9)10/h11-14,30,36H,15-18H2,1-10H3. The third-order valence-corrected chi connectivity index (χ3v) is 8.05. The van der Waals surface area contributed by atoms with Gasteiger partial charge in [-0.1, -0.05) is 76.9 Å². The highest BCUT2D eigenvalue weighted by Gasteiger charge is 2.40. The lowest BCUT2D eigenvalue weighted by atomic mass is 9.84. The van der Waals surface area contributed by atoms with E-state index >= 15 is 0 Å². The molecule has 0 amide bonds. The minimum absolute atomic E-state index is 0.0478. The van der Waals surface area contributed by atoms with Gasteiger partial charge in [0.05, 0.1) is 31.8 Å². The van der Waals surface area contributed by atoms with Crippen LogP contribution in [0.25, 0.3) is 0 Å². The zero-order valence-corrected chi connectivity index (χ0v) is 26.0. The molecule has 2 aromatic rings. The molecular formula is C29H44O6P2. The highest BCUT2D eigenvalue weighted by Crippen LogP contribution is 2.50. The summed E-state index contributed by atoms with van der Waals surface area (Å²) in [6.45, 7) is 22.1. The Bertz CT molecular complexity index is 1070. The van der Waals surface area contributed by atoms with Crippen molar-refractivity contribution in [3.63, 3.8) is 0 Å². The predicted octanol–water partition coefficient (Wildman–Crippen LogP) is 7.75. The Kier molecular flexibility index (Phi) is 9.71. The number of rotatable bonds is 8. The first-order valence-electron chi connectivity index (χ1n) is 12.8. The second kappa shape index (κ2) is 11.9. The van der Waals surface area contributed by atoms with Crippen LogP contribution in [-0.2, 0) is 24.4 Å². The minimum Gasteiger partial charge on any atom is -0.449 e. The van der Waals surface area contributed by atoms with E-state index in [-0.39, 0.29) is 46.3 Å². The van der Waals surface area contributed by atoms with Gasteiger partial charge in [0.1, 0.15) is 11.5 Å². The fourth-order valence-corrected chi connectivity index (χ4v) is 6.45. The summed E-state index contributed by atoms with van der Waals surface area (Å²) < 4.78 is 30.3.